The lowest BCUT2D eigenvalue weighted by atomic mass is 10.2. The maximum Gasteiger partial charge on any atom is 0.134 e. The summed E-state index contributed by atoms with van der Waals surface area (Å²) in [5, 5.41) is 1.05. The lowest BCUT2D eigenvalue weighted by molar-refractivity contribution is 0.275. The van der Waals surface area contributed by atoms with Crippen LogP contribution in [0.15, 0.2) is 59.0 Å². The van der Waals surface area contributed by atoms with Gasteiger partial charge in [0, 0.05) is 5.39 Å². The van der Waals surface area contributed by atoms with Gasteiger partial charge in [0.2, 0.25) is 0 Å². The fraction of sp³-hybridized carbons (Fsp3) is 0.176. The van der Waals surface area contributed by atoms with Crippen LogP contribution in [0.4, 0.5) is 0 Å². The molecule has 2 aromatic carbocycles. The van der Waals surface area contributed by atoms with Crippen LogP contribution >= 0.6 is 0 Å². The third kappa shape index (κ3) is 3.01. The highest BCUT2D eigenvalue weighted by atomic mass is 16.5. The molecule has 0 bridgehead atoms. The van der Waals surface area contributed by atoms with Gasteiger partial charge in [0.1, 0.15) is 29.4 Å². The van der Waals surface area contributed by atoms with E-state index in [1.165, 1.54) is 0 Å². The predicted octanol–water partition coefficient (Wildman–Crippen LogP) is 3.52. The summed E-state index contributed by atoms with van der Waals surface area (Å²) in [4.78, 5) is 0. The topological polar surface area (TPSA) is 57.6 Å². The van der Waals surface area contributed by atoms with Crippen molar-refractivity contribution in [1.29, 1.82) is 0 Å². The minimum absolute atomic E-state index is 0.306. The number of benzene rings is 2. The first-order valence-electron chi connectivity index (χ1n) is 6.77. The minimum Gasteiger partial charge on any atom is -0.497 e. The Morgan fingerprint density at radius 2 is 1.76 bits per heavy atom. The van der Waals surface area contributed by atoms with Gasteiger partial charge in [-0.2, -0.15) is 0 Å². The highest BCUT2D eigenvalue weighted by Gasteiger charge is 2.12. The van der Waals surface area contributed by atoms with E-state index in [0.717, 1.165) is 28.2 Å². The molecule has 0 spiro atoms. The maximum atomic E-state index is 6.12. The van der Waals surface area contributed by atoms with Gasteiger partial charge in [-0.15, -0.1) is 0 Å². The molecule has 3 rings (SSSR count). The van der Waals surface area contributed by atoms with Crippen molar-refractivity contribution < 1.29 is 13.9 Å². The minimum atomic E-state index is -0.306. The number of rotatable bonds is 5. The van der Waals surface area contributed by atoms with Crippen molar-refractivity contribution in [3.63, 3.8) is 0 Å². The summed E-state index contributed by atoms with van der Waals surface area (Å²) in [6.45, 7) is 0.353. The van der Waals surface area contributed by atoms with Crippen molar-refractivity contribution in [3.8, 4) is 11.5 Å². The fourth-order valence-electron chi connectivity index (χ4n) is 2.13. The van der Waals surface area contributed by atoms with E-state index in [-0.39, 0.29) is 6.04 Å². The van der Waals surface area contributed by atoms with E-state index < -0.39 is 0 Å². The number of nitrogens with two attached hydrogens (primary N) is 1. The van der Waals surface area contributed by atoms with Crippen molar-refractivity contribution in [2.45, 2.75) is 6.04 Å². The second kappa shape index (κ2) is 5.89. The summed E-state index contributed by atoms with van der Waals surface area (Å²) < 4.78 is 16.5. The zero-order chi connectivity index (χ0) is 14.7. The van der Waals surface area contributed by atoms with Crippen LogP contribution in [0.5, 0.6) is 11.5 Å². The Bertz CT molecular complexity index is 685. The average molecular weight is 283 g/mol. The first-order valence-corrected chi connectivity index (χ1v) is 6.77. The lowest BCUT2D eigenvalue weighted by Gasteiger charge is -2.11. The Balaban J connectivity index is 1.66. The standard InChI is InChI=1S/C17H17NO3/c1-19-13-6-8-14(9-7-13)20-11-15(18)17-10-12-4-2-3-5-16(12)21-17/h2-10,15H,11,18H2,1H3. The molecule has 4 heteroatoms. The molecule has 0 aliphatic rings. The Kier molecular flexibility index (Phi) is 3.79. The zero-order valence-corrected chi connectivity index (χ0v) is 11.8. The number of methoxy groups -OCH3 is 1. The van der Waals surface area contributed by atoms with Crippen molar-refractivity contribution >= 4 is 11.0 Å². The van der Waals surface area contributed by atoms with Gasteiger partial charge >= 0.3 is 0 Å². The number of hydrogen-bond acceptors (Lipinski definition) is 4. The summed E-state index contributed by atoms with van der Waals surface area (Å²) in [6.07, 6.45) is 0. The number of furan rings is 1. The van der Waals surface area contributed by atoms with Gasteiger partial charge in [0.25, 0.3) is 0 Å². The molecule has 1 unspecified atom stereocenters. The summed E-state index contributed by atoms with van der Waals surface area (Å²) in [5.74, 6) is 2.27. The molecule has 4 nitrogen and oxygen atoms in total. The van der Waals surface area contributed by atoms with Crippen LogP contribution in [0.3, 0.4) is 0 Å². The molecule has 108 valence electrons. The van der Waals surface area contributed by atoms with Gasteiger partial charge in [-0.1, -0.05) is 18.2 Å². The second-order valence-electron chi connectivity index (χ2n) is 4.78. The third-order valence-corrected chi connectivity index (χ3v) is 3.30. The SMILES string of the molecule is COc1ccc(OCC(N)c2cc3ccccc3o2)cc1. The monoisotopic (exact) mass is 283 g/mol. The van der Waals surface area contributed by atoms with Crippen LogP contribution in [-0.4, -0.2) is 13.7 Å². The van der Waals surface area contributed by atoms with E-state index in [2.05, 4.69) is 0 Å². The molecular weight excluding hydrogens is 266 g/mol. The molecule has 0 aliphatic heterocycles. The number of hydrogen-bond donors (Lipinski definition) is 1. The maximum absolute atomic E-state index is 6.12. The van der Waals surface area contributed by atoms with E-state index in [0.29, 0.717) is 6.61 Å². The predicted molar refractivity (Wildman–Crippen MR) is 81.6 cm³/mol. The number of fused-ring (bicyclic) bond motifs is 1. The van der Waals surface area contributed by atoms with Crippen molar-refractivity contribution in [3.05, 3.63) is 60.4 Å². The number of para-hydroxylation sites is 1. The van der Waals surface area contributed by atoms with Gasteiger partial charge in [0.15, 0.2) is 0 Å². The fourth-order valence-corrected chi connectivity index (χ4v) is 2.13. The number of ether oxygens (including phenoxy) is 2. The van der Waals surface area contributed by atoms with Gasteiger partial charge in [-0.3, -0.25) is 0 Å². The average Bonchev–Trinajstić information content (AvgIpc) is 2.97. The highest BCUT2D eigenvalue weighted by molar-refractivity contribution is 5.77. The lowest BCUT2D eigenvalue weighted by Crippen LogP contribution is -2.18. The van der Waals surface area contributed by atoms with Crippen molar-refractivity contribution in [1.82, 2.24) is 0 Å². The summed E-state index contributed by atoms with van der Waals surface area (Å²) in [6, 6.07) is 16.9. The largest absolute Gasteiger partial charge is 0.497 e. The molecule has 0 radical (unpaired) electrons. The van der Waals surface area contributed by atoms with E-state index in [9.17, 15) is 0 Å². The van der Waals surface area contributed by atoms with Crippen molar-refractivity contribution in [2.75, 3.05) is 13.7 Å². The Morgan fingerprint density at radius 1 is 1.05 bits per heavy atom. The molecule has 0 saturated heterocycles. The summed E-state index contributed by atoms with van der Waals surface area (Å²) in [7, 11) is 1.63. The zero-order valence-electron chi connectivity index (χ0n) is 11.8. The highest BCUT2D eigenvalue weighted by Crippen LogP contribution is 2.24. The molecule has 0 amide bonds. The molecule has 2 N–H and O–H groups in total. The summed E-state index contributed by atoms with van der Waals surface area (Å²) in [5.41, 5.74) is 6.96. The van der Waals surface area contributed by atoms with Gasteiger partial charge in [-0.05, 0) is 36.4 Å². The molecule has 21 heavy (non-hydrogen) atoms. The second-order valence-corrected chi connectivity index (χ2v) is 4.78. The van der Waals surface area contributed by atoms with Gasteiger partial charge < -0.3 is 19.6 Å². The first kappa shape index (κ1) is 13.5. The molecule has 0 saturated carbocycles. The van der Waals surface area contributed by atoms with E-state index in [4.69, 9.17) is 19.6 Å². The normalized spacial score (nSPS) is 12.3. The van der Waals surface area contributed by atoms with Crippen LogP contribution in [-0.2, 0) is 0 Å². The van der Waals surface area contributed by atoms with Gasteiger partial charge in [0.05, 0.1) is 13.2 Å². The molecule has 0 fully saturated rings. The van der Waals surface area contributed by atoms with E-state index in [1.807, 2.05) is 54.6 Å². The van der Waals surface area contributed by atoms with Crippen molar-refractivity contribution in [2.24, 2.45) is 5.73 Å². The van der Waals surface area contributed by atoms with Crippen LogP contribution in [0.1, 0.15) is 11.8 Å². The van der Waals surface area contributed by atoms with Crippen LogP contribution in [0, 0.1) is 0 Å². The van der Waals surface area contributed by atoms with E-state index in [1.54, 1.807) is 7.11 Å². The Labute approximate surface area is 123 Å². The van der Waals surface area contributed by atoms with E-state index >= 15 is 0 Å². The Morgan fingerprint density at radius 3 is 2.48 bits per heavy atom. The molecule has 1 aromatic heterocycles. The third-order valence-electron chi connectivity index (χ3n) is 3.30. The molecule has 1 atom stereocenters. The molecule has 0 aliphatic carbocycles. The quantitative estimate of drug-likeness (QED) is 0.778. The Hall–Kier alpha value is -2.46. The first-order chi connectivity index (χ1) is 10.3. The van der Waals surface area contributed by atoms with Crippen LogP contribution in [0.2, 0.25) is 0 Å². The van der Waals surface area contributed by atoms with Gasteiger partial charge in [-0.25, -0.2) is 0 Å². The molecule has 1 heterocycles. The summed E-state index contributed by atoms with van der Waals surface area (Å²) >= 11 is 0. The van der Waals surface area contributed by atoms with Crippen LogP contribution < -0.4 is 15.2 Å². The van der Waals surface area contributed by atoms with Crippen LogP contribution in [0.25, 0.3) is 11.0 Å². The molecular formula is C17H17NO3. The smallest absolute Gasteiger partial charge is 0.134 e. The molecule has 3 aromatic rings.